The molecule has 9 nitrogen and oxygen atoms in total. The fraction of sp³-hybridized carbons (Fsp3) is 0.0870. The van der Waals surface area contributed by atoms with Crippen molar-refractivity contribution in [3.63, 3.8) is 0 Å². The SMILES string of the molecule is CSc1nc(N)cc(Oc2ccc(-c3nc(Nc4cccc(C(F)(F)F)c4)n[nH]3)c3ccncc23)n1. The predicted molar refractivity (Wildman–Crippen MR) is 130 cm³/mol. The number of alkyl halides is 3. The number of aromatic nitrogens is 6. The average molecular weight is 511 g/mol. The number of anilines is 3. The van der Waals surface area contributed by atoms with Crippen LogP contribution in [-0.4, -0.2) is 36.4 Å². The predicted octanol–water partition coefficient (Wildman–Crippen LogP) is 5.67. The first-order valence-corrected chi connectivity index (χ1v) is 11.6. The van der Waals surface area contributed by atoms with E-state index in [0.29, 0.717) is 27.7 Å². The van der Waals surface area contributed by atoms with Crippen LogP contribution in [0.25, 0.3) is 22.2 Å². The lowest BCUT2D eigenvalue weighted by Crippen LogP contribution is -2.05. The van der Waals surface area contributed by atoms with Gasteiger partial charge in [0.2, 0.25) is 11.8 Å². The van der Waals surface area contributed by atoms with Crippen molar-refractivity contribution < 1.29 is 17.9 Å². The third kappa shape index (κ3) is 4.86. The summed E-state index contributed by atoms with van der Waals surface area (Å²) >= 11 is 1.34. The van der Waals surface area contributed by atoms with Crippen LogP contribution in [-0.2, 0) is 6.18 Å². The molecule has 0 fully saturated rings. The largest absolute Gasteiger partial charge is 0.438 e. The van der Waals surface area contributed by atoms with E-state index in [1.54, 1.807) is 30.6 Å². The first-order chi connectivity index (χ1) is 17.3. The van der Waals surface area contributed by atoms with E-state index in [9.17, 15) is 13.2 Å². The Hall–Kier alpha value is -4.39. The van der Waals surface area contributed by atoms with Crippen molar-refractivity contribution in [3.8, 4) is 23.0 Å². The van der Waals surface area contributed by atoms with E-state index in [2.05, 4.69) is 35.5 Å². The molecule has 0 bridgehead atoms. The Balaban J connectivity index is 1.46. The summed E-state index contributed by atoms with van der Waals surface area (Å²) in [6.07, 6.45) is 0.655. The van der Waals surface area contributed by atoms with Crippen LogP contribution in [0.15, 0.2) is 66.1 Å². The van der Waals surface area contributed by atoms with Crippen LogP contribution in [0, 0.1) is 0 Å². The molecule has 2 aromatic carbocycles. The zero-order valence-electron chi connectivity index (χ0n) is 18.5. The van der Waals surface area contributed by atoms with Gasteiger partial charge in [-0.25, -0.2) is 4.98 Å². The number of nitrogens with two attached hydrogens (primary N) is 1. The minimum absolute atomic E-state index is 0.118. The lowest BCUT2D eigenvalue weighted by atomic mass is 10.1. The normalized spacial score (nSPS) is 11.6. The molecule has 0 amide bonds. The van der Waals surface area contributed by atoms with Crippen LogP contribution < -0.4 is 15.8 Å². The fourth-order valence-electron chi connectivity index (χ4n) is 3.48. The first-order valence-electron chi connectivity index (χ1n) is 10.4. The van der Waals surface area contributed by atoms with Gasteiger partial charge in [-0.3, -0.25) is 10.1 Å². The van der Waals surface area contributed by atoms with E-state index < -0.39 is 11.7 Å². The van der Waals surface area contributed by atoms with Crippen molar-refractivity contribution in [2.24, 2.45) is 0 Å². The molecule has 0 saturated heterocycles. The summed E-state index contributed by atoms with van der Waals surface area (Å²) in [5, 5.41) is 11.6. The van der Waals surface area contributed by atoms with Gasteiger partial charge in [0.05, 0.1) is 5.56 Å². The number of hydrogen-bond acceptors (Lipinski definition) is 9. The summed E-state index contributed by atoms with van der Waals surface area (Å²) in [6, 6.07) is 11.6. The molecule has 3 heterocycles. The number of thioether (sulfide) groups is 1. The van der Waals surface area contributed by atoms with Crippen molar-refractivity contribution in [1.82, 2.24) is 30.1 Å². The van der Waals surface area contributed by atoms with Crippen LogP contribution >= 0.6 is 11.8 Å². The van der Waals surface area contributed by atoms with Gasteiger partial charge in [0.1, 0.15) is 11.6 Å². The van der Waals surface area contributed by atoms with Crippen molar-refractivity contribution in [1.29, 1.82) is 0 Å². The highest BCUT2D eigenvalue weighted by Crippen LogP contribution is 2.36. The third-order valence-corrected chi connectivity index (χ3v) is 5.61. The van der Waals surface area contributed by atoms with Gasteiger partial charge in [-0.2, -0.15) is 23.1 Å². The van der Waals surface area contributed by atoms with Gasteiger partial charge < -0.3 is 15.8 Å². The Morgan fingerprint density at radius 2 is 1.89 bits per heavy atom. The maximum atomic E-state index is 13.0. The third-order valence-electron chi connectivity index (χ3n) is 5.06. The number of halogens is 3. The highest BCUT2D eigenvalue weighted by atomic mass is 32.2. The molecular weight excluding hydrogens is 493 g/mol. The van der Waals surface area contributed by atoms with Crippen molar-refractivity contribution in [2.45, 2.75) is 11.3 Å². The Morgan fingerprint density at radius 1 is 1.03 bits per heavy atom. The smallest absolute Gasteiger partial charge is 0.416 e. The molecule has 0 unspecified atom stereocenters. The summed E-state index contributed by atoms with van der Waals surface area (Å²) in [5.41, 5.74) is 5.98. The Labute approximate surface area is 206 Å². The minimum atomic E-state index is -4.45. The molecule has 0 aliphatic rings. The van der Waals surface area contributed by atoms with Gasteiger partial charge >= 0.3 is 6.18 Å². The number of ether oxygens (including phenoxy) is 1. The zero-order chi connectivity index (χ0) is 25.3. The van der Waals surface area contributed by atoms with Gasteiger partial charge in [0.25, 0.3) is 0 Å². The van der Waals surface area contributed by atoms with Crippen LogP contribution in [0.1, 0.15) is 5.56 Å². The van der Waals surface area contributed by atoms with E-state index in [-0.39, 0.29) is 23.3 Å². The molecule has 5 rings (SSSR count). The van der Waals surface area contributed by atoms with E-state index in [1.807, 2.05) is 6.26 Å². The highest BCUT2D eigenvalue weighted by molar-refractivity contribution is 7.98. The van der Waals surface area contributed by atoms with Gasteiger partial charge in [-0.05, 0) is 48.0 Å². The lowest BCUT2D eigenvalue weighted by Gasteiger charge is -2.11. The number of benzene rings is 2. The second kappa shape index (κ2) is 9.34. The Morgan fingerprint density at radius 3 is 2.69 bits per heavy atom. The number of nitrogen functional groups attached to an aromatic ring is 1. The van der Waals surface area contributed by atoms with E-state index >= 15 is 0 Å². The fourth-order valence-corrected chi connectivity index (χ4v) is 3.86. The molecule has 13 heteroatoms. The molecule has 3 aromatic heterocycles. The Bertz CT molecular complexity index is 1560. The molecule has 0 radical (unpaired) electrons. The van der Waals surface area contributed by atoms with E-state index in [4.69, 9.17) is 10.5 Å². The summed E-state index contributed by atoms with van der Waals surface area (Å²) in [4.78, 5) is 17.0. The number of rotatable bonds is 6. The molecule has 0 saturated carbocycles. The first kappa shape index (κ1) is 23.4. The zero-order valence-corrected chi connectivity index (χ0v) is 19.4. The molecule has 182 valence electrons. The number of pyridine rings is 1. The molecule has 0 aliphatic heterocycles. The second-order valence-corrected chi connectivity index (χ2v) is 8.24. The summed E-state index contributed by atoms with van der Waals surface area (Å²) in [5.74, 6) is 1.59. The van der Waals surface area contributed by atoms with Crippen molar-refractivity contribution >= 4 is 40.0 Å². The monoisotopic (exact) mass is 510 g/mol. The molecule has 5 aromatic rings. The maximum absolute atomic E-state index is 13.0. The topological polar surface area (TPSA) is 128 Å². The second-order valence-electron chi connectivity index (χ2n) is 7.46. The number of nitrogens with zero attached hydrogens (tertiary/aromatic N) is 5. The Kier molecular flexibility index (Phi) is 6.06. The van der Waals surface area contributed by atoms with Crippen LogP contribution in [0.3, 0.4) is 0 Å². The number of H-pyrrole nitrogens is 1. The van der Waals surface area contributed by atoms with Gasteiger partial charge in [-0.15, -0.1) is 5.10 Å². The van der Waals surface area contributed by atoms with Crippen LogP contribution in [0.5, 0.6) is 11.6 Å². The standard InChI is InChI=1S/C23H17F3N8OS/c1-36-22-30-18(27)10-19(31-22)35-17-6-5-15(14-7-8-28-11-16(14)17)20-32-21(34-33-20)29-13-4-2-3-12(9-13)23(24,25)26/h2-11H,1H3,(H2,27,30,31)(H2,29,32,33,34). The quantitative estimate of drug-likeness (QED) is 0.196. The number of nitrogens with one attached hydrogen (secondary N) is 2. The summed E-state index contributed by atoms with van der Waals surface area (Å²) in [6.45, 7) is 0. The molecular formula is C23H17F3N8OS. The number of hydrogen-bond donors (Lipinski definition) is 3. The maximum Gasteiger partial charge on any atom is 0.416 e. The van der Waals surface area contributed by atoms with Crippen LogP contribution in [0.2, 0.25) is 0 Å². The molecule has 0 atom stereocenters. The number of aromatic amines is 1. The van der Waals surface area contributed by atoms with Crippen LogP contribution in [0.4, 0.5) is 30.6 Å². The molecule has 0 spiro atoms. The van der Waals surface area contributed by atoms with Crippen molar-refractivity contribution in [3.05, 3.63) is 66.5 Å². The molecule has 4 N–H and O–H groups in total. The summed E-state index contributed by atoms with van der Waals surface area (Å²) in [7, 11) is 0. The molecule has 36 heavy (non-hydrogen) atoms. The minimum Gasteiger partial charge on any atom is -0.438 e. The lowest BCUT2D eigenvalue weighted by molar-refractivity contribution is -0.137. The number of fused-ring (bicyclic) bond motifs is 1. The molecule has 0 aliphatic carbocycles. The van der Waals surface area contributed by atoms with Gasteiger partial charge in [-0.1, -0.05) is 17.8 Å². The average Bonchev–Trinajstić information content (AvgIpc) is 3.31. The van der Waals surface area contributed by atoms with Gasteiger partial charge in [0.15, 0.2) is 11.0 Å². The van der Waals surface area contributed by atoms with E-state index in [1.165, 1.54) is 30.0 Å². The van der Waals surface area contributed by atoms with Gasteiger partial charge in [0, 0.05) is 35.1 Å². The summed E-state index contributed by atoms with van der Waals surface area (Å²) < 4.78 is 45.0. The highest BCUT2D eigenvalue weighted by Gasteiger charge is 2.30. The van der Waals surface area contributed by atoms with E-state index in [0.717, 1.165) is 17.5 Å². The van der Waals surface area contributed by atoms with Crippen molar-refractivity contribution in [2.75, 3.05) is 17.3 Å².